The molecule has 2 rings (SSSR count). The van der Waals surface area contributed by atoms with Crippen LogP contribution in [0.1, 0.15) is 26.7 Å². The molecule has 0 spiro atoms. The molecule has 2 heterocycles. The minimum absolute atomic E-state index is 0.203. The lowest BCUT2D eigenvalue weighted by Gasteiger charge is -2.41. The highest BCUT2D eigenvalue weighted by Crippen LogP contribution is 2.20. The van der Waals surface area contributed by atoms with Gasteiger partial charge in [-0.3, -0.25) is 9.69 Å². The number of carbonyl (C=O) groups is 1. The minimum Gasteiger partial charge on any atom is -0.340 e. The molecule has 1 amide bonds. The molecule has 0 saturated carbocycles. The van der Waals surface area contributed by atoms with Crippen LogP contribution in [0.3, 0.4) is 0 Å². The van der Waals surface area contributed by atoms with Gasteiger partial charge in [0.25, 0.3) is 0 Å². The largest absolute Gasteiger partial charge is 0.340 e. The van der Waals surface area contributed by atoms with E-state index in [1.54, 1.807) is 0 Å². The van der Waals surface area contributed by atoms with Gasteiger partial charge in [-0.25, -0.2) is 0 Å². The first-order valence-electron chi connectivity index (χ1n) is 7.31. The van der Waals surface area contributed by atoms with Crippen LogP contribution in [-0.4, -0.2) is 61.5 Å². The van der Waals surface area contributed by atoms with E-state index < -0.39 is 0 Å². The first-order chi connectivity index (χ1) is 8.61. The number of amides is 1. The number of nitrogens with zero attached hydrogens (tertiary/aromatic N) is 2. The molecule has 2 saturated heterocycles. The standard InChI is InChI=1S/C14H27N3O/c1-4-13-10-17(6-5-16(13)3)14(18)12-7-11(2)8-15-9-12/h11-13,15H,4-10H2,1-3H3. The van der Waals surface area contributed by atoms with Crippen molar-refractivity contribution >= 4 is 5.91 Å². The Balaban J connectivity index is 1.92. The Labute approximate surface area is 111 Å². The van der Waals surface area contributed by atoms with Crippen molar-refractivity contribution in [2.45, 2.75) is 32.7 Å². The van der Waals surface area contributed by atoms with Gasteiger partial charge in [0, 0.05) is 32.2 Å². The Kier molecular flexibility index (Phi) is 4.62. The summed E-state index contributed by atoms with van der Waals surface area (Å²) in [6.45, 7) is 9.19. The zero-order valence-corrected chi connectivity index (χ0v) is 12.0. The Hall–Kier alpha value is -0.610. The van der Waals surface area contributed by atoms with Crippen molar-refractivity contribution in [1.82, 2.24) is 15.1 Å². The summed E-state index contributed by atoms with van der Waals surface area (Å²) in [5.41, 5.74) is 0. The van der Waals surface area contributed by atoms with Crippen molar-refractivity contribution in [2.75, 3.05) is 39.8 Å². The average Bonchev–Trinajstić information content (AvgIpc) is 2.38. The molecule has 0 radical (unpaired) electrons. The van der Waals surface area contributed by atoms with Crippen LogP contribution in [0.4, 0.5) is 0 Å². The molecule has 18 heavy (non-hydrogen) atoms. The molecule has 2 aliphatic heterocycles. The highest BCUT2D eigenvalue weighted by atomic mass is 16.2. The molecule has 0 aliphatic carbocycles. The summed E-state index contributed by atoms with van der Waals surface area (Å²) in [4.78, 5) is 17.0. The van der Waals surface area contributed by atoms with Gasteiger partial charge >= 0.3 is 0 Å². The average molecular weight is 253 g/mol. The quantitative estimate of drug-likeness (QED) is 0.790. The SMILES string of the molecule is CCC1CN(C(=O)C2CNCC(C)C2)CCN1C. The predicted molar refractivity (Wildman–Crippen MR) is 73.4 cm³/mol. The predicted octanol–water partition coefficient (Wildman–Crippen LogP) is 0.785. The zero-order chi connectivity index (χ0) is 13.1. The monoisotopic (exact) mass is 253 g/mol. The topological polar surface area (TPSA) is 35.6 Å². The zero-order valence-electron chi connectivity index (χ0n) is 12.0. The van der Waals surface area contributed by atoms with Crippen molar-refractivity contribution in [3.8, 4) is 0 Å². The molecule has 2 fully saturated rings. The van der Waals surface area contributed by atoms with E-state index in [0.29, 0.717) is 17.9 Å². The highest BCUT2D eigenvalue weighted by Gasteiger charge is 2.32. The van der Waals surface area contributed by atoms with E-state index >= 15 is 0 Å². The highest BCUT2D eigenvalue weighted by molar-refractivity contribution is 5.79. The van der Waals surface area contributed by atoms with Gasteiger partial charge in [-0.15, -0.1) is 0 Å². The first-order valence-corrected chi connectivity index (χ1v) is 7.31. The summed E-state index contributed by atoms with van der Waals surface area (Å²) < 4.78 is 0. The fraction of sp³-hybridized carbons (Fsp3) is 0.929. The number of piperazine rings is 1. The minimum atomic E-state index is 0.203. The van der Waals surface area contributed by atoms with E-state index in [2.05, 4.69) is 36.0 Å². The van der Waals surface area contributed by atoms with E-state index in [1.165, 1.54) is 0 Å². The molecule has 0 aromatic carbocycles. The normalized spacial score (nSPS) is 34.6. The third-order valence-corrected chi connectivity index (χ3v) is 4.48. The summed E-state index contributed by atoms with van der Waals surface area (Å²) >= 11 is 0. The van der Waals surface area contributed by atoms with Gasteiger partial charge < -0.3 is 10.2 Å². The summed E-state index contributed by atoms with van der Waals surface area (Å²) in [5, 5.41) is 3.38. The Morgan fingerprint density at radius 2 is 2.11 bits per heavy atom. The van der Waals surface area contributed by atoms with Crippen molar-refractivity contribution < 1.29 is 4.79 Å². The van der Waals surface area contributed by atoms with Crippen LogP contribution in [-0.2, 0) is 4.79 Å². The molecular formula is C14H27N3O. The maximum atomic E-state index is 12.5. The molecule has 0 bridgehead atoms. The molecule has 0 aromatic heterocycles. The van der Waals surface area contributed by atoms with E-state index in [4.69, 9.17) is 0 Å². The third kappa shape index (κ3) is 3.04. The molecule has 0 aromatic rings. The van der Waals surface area contributed by atoms with Crippen LogP contribution in [0.15, 0.2) is 0 Å². The Morgan fingerprint density at radius 1 is 1.33 bits per heavy atom. The van der Waals surface area contributed by atoms with Crippen LogP contribution in [0, 0.1) is 11.8 Å². The van der Waals surface area contributed by atoms with E-state index in [9.17, 15) is 4.79 Å². The Bertz CT molecular complexity index is 295. The summed E-state index contributed by atoms with van der Waals surface area (Å²) in [6, 6.07) is 0.539. The van der Waals surface area contributed by atoms with Crippen LogP contribution in [0.2, 0.25) is 0 Å². The van der Waals surface area contributed by atoms with Gasteiger partial charge in [0.1, 0.15) is 0 Å². The second-order valence-electron chi connectivity index (χ2n) is 6.02. The lowest BCUT2D eigenvalue weighted by atomic mass is 9.90. The second-order valence-corrected chi connectivity index (χ2v) is 6.02. The van der Waals surface area contributed by atoms with Crippen LogP contribution >= 0.6 is 0 Å². The number of nitrogens with one attached hydrogen (secondary N) is 1. The molecule has 4 heteroatoms. The molecule has 4 nitrogen and oxygen atoms in total. The van der Waals surface area contributed by atoms with Crippen molar-refractivity contribution in [1.29, 1.82) is 0 Å². The van der Waals surface area contributed by atoms with Gasteiger partial charge in [-0.05, 0) is 32.4 Å². The fourth-order valence-corrected chi connectivity index (χ4v) is 3.19. The number of hydrogen-bond donors (Lipinski definition) is 1. The number of rotatable bonds is 2. The molecular weight excluding hydrogens is 226 g/mol. The van der Waals surface area contributed by atoms with Gasteiger partial charge in [-0.1, -0.05) is 13.8 Å². The smallest absolute Gasteiger partial charge is 0.227 e. The van der Waals surface area contributed by atoms with Crippen LogP contribution in [0.5, 0.6) is 0 Å². The van der Waals surface area contributed by atoms with Crippen molar-refractivity contribution in [3.63, 3.8) is 0 Å². The van der Waals surface area contributed by atoms with Crippen LogP contribution in [0.25, 0.3) is 0 Å². The Morgan fingerprint density at radius 3 is 2.78 bits per heavy atom. The van der Waals surface area contributed by atoms with E-state index in [-0.39, 0.29) is 5.92 Å². The summed E-state index contributed by atoms with van der Waals surface area (Å²) in [6.07, 6.45) is 2.18. The third-order valence-electron chi connectivity index (χ3n) is 4.48. The lowest BCUT2D eigenvalue weighted by molar-refractivity contribution is -0.139. The summed E-state index contributed by atoms with van der Waals surface area (Å²) in [7, 11) is 2.17. The maximum absolute atomic E-state index is 12.5. The molecule has 104 valence electrons. The summed E-state index contributed by atoms with van der Waals surface area (Å²) in [5.74, 6) is 1.21. The molecule has 3 unspecified atom stereocenters. The van der Waals surface area contributed by atoms with Gasteiger partial charge in [-0.2, -0.15) is 0 Å². The second kappa shape index (κ2) is 6.02. The number of hydrogen-bond acceptors (Lipinski definition) is 3. The lowest BCUT2D eigenvalue weighted by Crippen LogP contribution is -2.55. The first kappa shape index (κ1) is 13.8. The molecule has 2 aliphatic rings. The molecule has 1 N–H and O–H groups in total. The van der Waals surface area contributed by atoms with E-state index in [1.807, 2.05) is 0 Å². The van der Waals surface area contributed by atoms with Crippen molar-refractivity contribution in [3.05, 3.63) is 0 Å². The fourth-order valence-electron chi connectivity index (χ4n) is 3.19. The van der Waals surface area contributed by atoms with Crippen molar-refractivity contribution in [2.24, 2.45) is 11.8 Å². The van der Waals surface area contributed by atoms with Gasteiger partial charge in [0.05, 0.1) is 5.92 Å². The van der Waals surface area contributed by atoms with Gasteiger partial charge in [0.2, 0.25) is 5.91 Å². The van der Waals surface area contributed by atoms with Crippen LogP contribution < -0.4 is 5.32 Å². The number of piperidine rings is 1. The molecule has 3 atom stereocenters. The van der Waals surface area contributed by atoms with E-state index in [0.717, 1.165) is 45.6 Å². The van der Waals surface area contributed by atoms with Gasteiger partial charge in [0.15, 0.2) is 0 Å². The maximum Gasteiger partial charge on any atom is 0.227 e. The number of likely N-dealkylation sites (N-methyl/N-ethyl adjacent to an activating group) is 1. The number of carbonyl (C=O) groups excluding carboxylic acids is 1.